The fourth-order valence-corrected chi connectivity index (χ4v) is 7.93. The Bertz CT molecular complexity index is 3240. The maximum Gasteiger partial charge on any atom is 0.160 e. The second-order valence-corrected chi connectivity index (χ2v) is 13.9. The Balaban J connectivity index is 1.04. The van der Waals surface area contributed by atoms with E-state index in [0.717, 1.165) is 105 Å². The summed E-state index contributed by atoms with van der Waals surface area (Å²) >= 11 is 0. The fourth-order valence-electron chi connectivity index (χ4n) is 7.93. The van der Waals surface area contributed by atoms with Gasteiger partial charge >= 0.3 is 0 Å². The first-order valence-electron chi connectivity index (χ1n) is 18.7. The van der Waals surface area contributed by atoms with E-state index in [2.05, 4.69) is 120 Å². The smallest absolute Gasteiger partial charge is 0.160 e. The molecule has 0 radical (unpaired) electrons. The van der Waals surface area contributed by atoms with Crippen molar-refractivity contribution in [2.45, 2.75) is 0 Å². The van der Waals surface area contributed by atoms with Crippen LogP contribution in [0.2, 0.25) is 0 Å². The van der Waals surface area contributed by atoms with Crippen molar-refractivity contribution in [2.75, 3.05) is 0 Å². The number of benzene rings is 7. The molecule has 7 aromatic carbocycles. The van der Waals surface area contributed by atoms with Crippen LogP contribution in [0, 0.1) is 0 Å². The molecule has 0 aliphatic carbocycles. The minimum Gasteiger partial charge on any atom is -0.456 e. The highest BCUT2D eigenvalue weighted by Gasteiger charge is 2.21. The van der Waals surface area contributed by atoms with E-state index >= 15 is 0 Å². The number of rotatable bonds is 6. The molecule has 0 fully saturated rings. The standard InChI is InChI=1S/C51H31N3O2/c1-2-12-34(13-3-1)51-53-43(31-44(54-51)36-15-10-14-35(30-36)42-19-8-9-29-52-42)33-25-23-32(24-26-33)37-27-28-39(50-49(37)41-17-5-7-21-46(41)56-50)38-18-11-22-47-48(38)40-16-4-6-20-45(40)55-47/h1-31H. The van der Waals surface area contributed by atoms with Crippen LogP contribution in [-0.2, 0) is 0 Å². The maximum absolute atomic E-state index is 6.73. The summed E-state index contributed by atoms with van der Waals surface area (Å²) < 4.78 is 13.0. The van der Waals surface area contributed by atoms with Crippen molar-refractivity contribution in [1.82, 2.24) is 15.0 Å². The van der Waals surface area contributed by atoms with E-state index in [4.69, 9.17) is 18.8 Å². The summed E-state index contributed by atoms with van der Waals surface area (Å²) in [7, 11) is 0. The van der Waals surface area contributed by atoms with Gasteiger partial charge in [0.2, 0.25) is 0 Å². The highest BCUT2D eigenvalue weighted by molar-refractivity contribution is 6.20. The predicted octanol–water partition coefficient (Wildman–Crippen LogP) is 13.7. The van der Waals surface area contributed by atoms with E-state index in [1.54, 1.807) is 0 Å². The first kappa shape index (κ1) is 31.9. The molecule has 0 aliphatic heterocycles. The van der Waals surface area contributed by atoms with E-state index in [9.17, 15) is 0 Å². The minimum absolute atomic E-state index is 0.674. The maximum atomic E-state index is 6.73. The molecule has 4 heterocycles. The Hall–Kier alpha value is -7.63. The topological polar surface area (TPSA) is 65.0 Å². The van der Waals surface area contributed by atoms with Gasteiger partial charge in [0.15, 0.2) is 5.82 Å². The number of furan rings is 2. The van der Waals surface area contributed by atoms with Crippen LogP contribution in [0.3, 0.4) is 0 Å². The Labute approximate surface area is 322 Å². The van der Waals surface area contributed by atoms with Crippen LogP contribution in [0.4, 0.5) is 0 Å². The van der Waals surface area contributed by atoms with Crippen molar-refractivity contribution >= 4 is 43.9 Å². The minimum atomic E-state index is 0.674. The van der Waals surface area contributed by atoms with Gasteiger partial charge < -0.3 is 8.83 Å². The summed E-state index contributed by atoms with van der Waals surface area (Å²) in [5, 5.41) is 4.34. The third kappa shape index (κ3) is 5.37. The van der Waals surface area contributed by atoms with Crippen LogP contribution in [-0.4, -0.2) is 15.0 Å². The zero-order chi connectivity index (χ0) is 37.0. The first-order valence-corrected chi connectivity index (χ1v) is 18.7. The van der Waals surface area contributed by atoms with Crippen LogP contribution in [0.5, 0.6) is 0 Å². The molecule has 56 heavy (non-hydrogen) atoms. The van der Waals surface area contributed by atoms with E-state index < -0.39 is 0 Å². The van der Waals surface area contributed by atoms with Crippen LogP contribution >= 0.6 is 0 Å². The van der Waals surface area contributed by atoms with Crippen molar-refractivity contribution in [3.05, 3.63) is 188 Å². The lowest BCUT2D eigenvalue weighted by Crippen LogP contribution is -1.96. The van der Waals surface area contributed by atoms with Gasteiger partial charge in [-0.3, -0.25) is 4.98 Å². The quantitative estimate of drug-likeness (QED) is 0.171. The molecule has 0 unspecified atom stereocenters. The van der Waals surface area contributed by atoms with Crippen molar-refractivity contribution in [1.29, 1.82) is 0 Å². The van der Waals surface area contributed by atoms with Crippen molar-refractivity contribution in [3.63, 3.8) is 0 Å². The number of hydrogen-bond donors (Lipinski definition) is 0. The van der Waals surface area contributed by atoms with Gasteiger partial charge in [-0.25, -0.2) is 9.97 Å². The summed E-state index contributed by atoms with van der Waals surface area (Å²) in [5.74, 6) is 0.674. The van der Waals surface area contributed by atoms with Gasteiger partial charge in [0, 0.05) is 55.6 Å². The molecular formula is C51H31N3O2. The van der Waals surface area contributed by atoms with Crippen molar-refractivity contribution in [2.24, 2.45) is 0 Å². The monoisotopic (exact) mass is 717 g/mol. The van der Waals surface area contributed by atoms with Crippen molar-refractivity contribution in [3.8, 4) is 67.4 Å². The first-order chi connectivity index (χ1) is 27.7. The number of pyridine rings is 1. The largest absolute Gasteiger partial charge is 0.456 e. The molecule has 5 nitrogen and oxygen atoms in total. The molecule has 0 atom stereocenters. The second kappa shape index (κ2) is 13.0. The van der Waals surface area contributed by atoms with Gasteiger partial charge in [0.1, 0.15) is 22.3 Å². The van der Waals surface area contributed by atoms with Crippen LogP contribution in [0.25, 0.3) is 111 Å². The van der Waals surface area contributed by atoms with Crippen molar-refractivity contribution < 1.29 is 8.83 Å². The van der Waals surface area contributed by atoms with Gasteiger partial charge in [-0.1, -0.05) is 133 Å². The molecule has 0 amide bonds. The van der Waals surface area contributed by atoms with Crippen LogP contribution < -0.4 is 0 Å². The Morgan fingerprint density at radius 1 is 0.339 bits per heavy atom. The second-order valence-electron chi connectivity index (χ2n) is 13.9. The van der Waals surface area contributed by atoms with E-state index in [1.165, 1.54) is 0 Å². The Morgan fingerprint density at radius 2 is 0.946 bits per heavy atom. The van der Waals surface area contributed by atoms with Crippen LogP contribution in [0.15, 0.2) is 197 Å². The zero-order valence-electron chi connectivity index (χ0n) is 30.1. The summed E-state index contributed by atoms with van der Waals surface area (Å²) in [6.07, 6.45) is 1.82. The lowest BCUT2D eigenvalue weighted by molar-refractivity contribution is 0.668. The molecule has 0 bridgehead atoms. The third-order valence-corrected chi connectivity index (χ3v) is 10.6. The molecule has 0 N–H and O–H groups in total. The van der Waals surface area contributed by atoms with Gasteiger partial charge in [-0.15, -0.1) is 0 Å². The molecule has 262 valence electrons. The molecule has 4 aromatic heterocycles. The molecule has 11 rings (SSSR count). The van der Waals surface area contributed by atoms with E-state index in [-0.39, 0.29) is 0 Å². The molecule has 0 aliphatic rings. The SMILES string of the molecule is c1ccc(-c2nc(-c3ccc(-c4ccc(-c5cccc6oc7ccccc7c56)c5oc6ccccc6c45)cc3)cc(-c3cccc(-c4ccccn4)c3)n2)cc1. The Morgan fingerprint density at radius 3 is 1.73 bits per heavy atom. The molecule has 0 saturated heterocycles. The number of nitrogens with zero attached hydrogens (tertiary/aromatic N) is 3. The van der Waals surface area contributed by atoms with Gasteiger partial charge in [-0.2, -0.15) is 0 Å². The number of aromatic nitrogens is 3. The van der Waals surface area contributed by atoms with Gasteiger partial charge in [0.25, 0.3) is 0 Å². The lowest BCUT2D eigenvalue weighted by Gasteiger charge is -2.12. The molecule has 11 aromatic rings. The molecule has 0 saturated carbocycles. The fraction of sp³-hybridized carbons (Fsp3) is 0. The molecule has 5 heteroatoms. The van der Waals surface area contributed by atoms with E-state index in [1.807, 2.05) is 72.9 Å². The molecule has 0 spiro atoms. The molecular weight excluding hydrogens is 687 g/mol. The third-order valence-electron chi connectivity index (χ3n) is 10.6. The average Bonchev–Trinajstić information content (AvgIpc) is 3.86. The summed E-state index contributed by atoms with van der Waals surface area (Å²) in [6.45, 7) is 0. The number of hydrogen-bond acceptors (Lipinski definition) is 5. The van der Waals surface area contributed by atoms with E-state index in [0.29, 0.717) is 5.82 Å². The van der Waals surface area contributed by atoms with Gasteiger partial charge in [0.05, 0.1) is 17.1 Å². The zero-order valence-corrected chi connectivity index (χ0v) is 30.1. The predicted molar refractivity (Wildman–Crippen MR) is 227 cm³/mol. The summed E-state index contributed by atoms with van der Waals surface area (Å²) in [4.78, 5) is 14.8. The summed E-state index contributed by atoms with van der Waals surface area (Å²) in [6, 6.07) is 62.4. The van der Waals surface area contributed by atoms with Gasteiger partial charge in [-0.05, 0) is 65.2 Å². The summed E-state index contributed by atoms with van der Waals surface area (Å²) in [5.41, 5.74) is 14.3. The highest BCUT2D eigenvalue weighted by Crippen LogP contribution is 2.45. The number of fused-ring (bicyclic) bond motifs is 6. The van der Waals surface area contributed by atoms with Crippen LogP contribution in [0.1, 0.15) is 0 Å². The lowest BCUT2D eigenvalue weighted by atomic mass is 9.92. The number of para-hydroxylation sites is 2. The normalized spacial score (nSPS) is 11.6. The highest BCUT2D eigenvalue weighted by atomic mass is 16.3. The average molecular weight is 718 g/mol. The Kier molecular flexibility index (Phi) is 7.42.